The summed E-state index contributed by atoms with van der Waals surface area (Å²) in [6.07, 6.45) is 2.41. The summed E-state index contributed by atoms with van der Waals surface area (Å²) < 4.78 is 0. The average Bonchev–Trinajstić information content (AvgIpc) is 2.55. The SMILES string of the molecule is CC(C)C[C@@H](NC(=O)CN1CCC(C(N)=O)CC1)c1ccccc1. The third-order valence-electron chi connectivity index (χ3n) is 4.60. The Morgan fingerprint density at radius 1 is 1.21 bits per heavy atom. The molecule has 2 amide bonds. The molecule has 2 rings (SSSR count). The van der Waals surface area contributed by atoms with Crippen LogP contribution in [-0.2, 0) is 9.59 Å². The van der Waals surface area contributed by atoms with E-state index < -0.39 is 0 Å². The Balaban J connectivity index is 1.88. The molecule has 0 aliphatic carbocycles. The lowest BCUT2D eigenvalue weighted by Crippen LogP contribution is -2.44. The van der Waals surface area contributed by atoms with Crippen molar-refractivity contribution in [3.8, 4) is 0 Å². The van der Waals surface area contributed by atoms with Crippen molar-refractivity contribution in [2.24, 2.45) is 17.6 Å². The van der Waals surface area contributed by atoms with Crippen LogP contribution in [0.15, 0.2) is 30.3 Å². The van der Waals surface area contributed by atoms with E-state index in [2.05, 4.69) is 36.2 Å². The number of hydrogen-bond acceptors (Lipinski definition) is 3. The van der Waals surface area contributed by atoms with Gasteiger partial charge in [-0.3, -0.25) is 14.5 Å². The number of hydrogen-bond donors (Lipinski definition) is 2. The van der Waals surface area contributed by atoms with Crippen LogP contribution >= 0.6 is 0 Å². The largest absolute Gasteiger partial charge is 0.369 e. The first-order valence-electron chi connectivity index (χ1n) is 8.81. The number of amides is 2. The van der Waals surface area contributed by atoms with Crippen molar-refractivity contribution in [3.63, 3.8) is 0 Å². The number of nitrogens with one attached hydrogen (secondary N) is 1. The number of benzene rings is 1. The maximum Gasteiger partial charge on any atom is 0.234 e. The molecule has 0 aromatic heterocycles. The Bertz CT molecular complexity index is 537. The van der Waals surface area contributed by atoms with Crippen LogP contribution in [0.2, 0.25) is 0 Å². The minimum Gasteiger partial charge on any atom is -0.369 e. The molecular formula is C19H29N3O2. The van der Waals surface area contributed by atoms with Gasteiger partial charge in [-0.25, -0.2) is 0 Å². The Labute approximate surface area is 144 Å². The maximum absolute atomic E-state index is 12.4. The van der Waals surface area contributed by atoms with Crippen LogP contribution in [-0.4, -0.2) is 36.3 Å². The Kier molecular flexibility index (Phi) is 6.79. The van der Waals surface area contributed by atoms with Gasteiger partial charge in [-0.1, -0.05) is 44.2 Å². The highest BCUT2D eigenvalue weighted by atomic mass is 16.2. The molecule has 0 bridgehead atoms. The standard InChI is InChI=1S/C19H29N3O2/c1-14(2)12-17(15-6-4-3-5-7-15)21-18(23)13-22-10-8-16(9-11-22)19(20)24/h3-7,14,16-17H,8-13H2,1-2H3,(H2,20,24)(H,21,23)/t17-/m1/s1. The minimum absolute atomic E-state index is 0.0395. The summed E-state index contributed by atoms with van der Waals surface area (Å²) in [5, 5.41) is 3.17. The highest BCUT2D eigenvalue weighted by molar-refractivity contribution is 5.79. The predicted octanol–water partition coefficient (Wildman–Crippen LogP) is 2.09. The topological polar surface area (TPSA) is 75.4 Å². The van der Waals surface area contributed by atoms with Crippen LogP contribution < -0.4 is 11.1 Å². The van der Waals surface area contributed by atoms with Gasteiger partial charge in [0.1, 0.15) is 0 Å². The van der Waals surface area contributed by atoms with Gasteiger partial charge in [-0.15, -0.1) is 0 Å². The van der Waals surface area contributed by atoms with Crippen molar-refractivity contribution >= 4 is 11.8 Å². The van der Waals surface area contributed by atoms with Gasteiger partial charge in [0.05, 0.1) is 12.6 Å². The Morgan fingerprint density at radius 2 is 1.83 bits per heavy atom. The molecule has 0 saturated carbocycles. The molecule has 1 saturated heterocycles. The molecule has 1 aliphatic heterocycles. The summed E-state index contributed by atoms with van der Waals surface area (Å²) in [5.74, 6) is 0.284. The molecule has 3 N–H and O–H groups in total. The highest BCUT2D eigenvalue weighted by Crippen LogP contribution is 2.21. The van der Waals surface area contributed by atoms with Gasteiger partial charge in [0.25, 0.3) is 0 Å². The van der Waals surface area contributed by atoms with E-state index in [4.69, 9.17) is 5.73 Å². The van der Waals surface area contributed by atoms with Crippen LogP contribution in [0.25, 0.3) is 0 Å². The number of carbonyl (C=O) groups excluding carboxylic acids is 2. The second kappa shape index (κ2) is 8.83. The predicted molar refractivity (Wildman–Crippen MR) is 95.1 cm³/mol. The molecule has 0 radical (unpaired) electrons. The lowest BCUT2D eigenvalue weighted by atomic mass is 9.96. The summed E-state index contributed by atoms with van der Waals surface area (Å²) in [7, 11) is 0. The molecule has 1 fully saturated rings. The number of nitrogens with zero attached hydrogens (tertiary/aromatic N) is 1. The van der Waals surface area contributed by atoms with E-state index in [0.29, 0.717) is 12.5 Å². The number of primary amides is 1. The monoisotopic (exact) mass is 331 g/mol. The highest BCUT2D eigenvalue weighted by Gasteiger charge is 2.25. The molecule has 1 heterocycles. The molecule has 1 atom stereocenters. The molecule has 5 nitrogen and oxygen atoms in total. The van der Waals surface area contributed by atoms with Gasteiger partial charge in [-0.05, 0) is 43.8 Å². The Morgan fingerprint density at radius 3 is 2.38 bits per heavy atom. The first-order valence-corrected chi connectivity index (χ1v) is 8.81. The fourth-order valence-electron chi connectivity index (χ4n) is 3.25. The number of rotatable bonds is 7. The second-order valence-corrected chi connectivity index (χ2v) is 7.11. The van der Waals surface area contributed by atoms with Crippen LogP contribution in [0.4, 0.5) is 0 Å². The van der Waals surface area contributed by atoms with Crippen LogP contribution in [0.5, 0.6) is 0 Å². The van der Waals surface area contributed by atoms with Crippen molar-refractivity contribution in [1.82, 2.24) is 10.2 Å². The summed E-state index contributed by atoms with van der Waals surface area (Å²) in [6.45, 7) is 6.21. The number of piperidine rings is 1. The fraction of sp³-hybridized carbons (Fsp3) is 0.579. The normalized spacial score (nSPS) is 17.6. The zero-order valence-corrected chi connectivity index (χ0v) is 14.7. The number of nitrogens with two attached hydrogens (primary N) is 1. The van der Waals surface area contributed by atoms with Crippen molar-refractivity contribution in [2.75, 3.05) is 19.6 Å². The van der Waals surface area contributed by atoms with Crippen LogP contribution in [0, 0.1) is 11.8 Å². The molecule has 132 valence electrons. The van der Waals surface area contributed by atoms with E-state index in [1.807, 2.05) is 18.2 Å². The second-order valence-electron chi connectivity index (χ2n) is 7.11. The molecular weight excluding hydrogens is 302 g/mol. The van der Waals surface area contributed by atoms with Crippen molar-refractivity contribution in [3.05, 3.63) is 35.9 Å². The number of likely N-dealkylation sites (tertiary alicyclic amines) is 1. The fourth-order valence-corrected chi connectivity index (χ4v) is 3.25. The average molecular weight is 331 g/mol. The van der Waals surface area contributed by atoms with Gasteiger partial charge in [-0.2, -0.15) is 0 Å². The summed E-state index contributed by atoms with van der Waals surface area (Å²) in [5.41, 5.74) is 6.50. The Hall–Kier alpha value is -1.88. The van der Waals surface area contributed by atoms with E-state index in [1.54, 1.807) is 0 Å². The van der Waals surface area contributed by atoms with E-state index in [9.17, 15) is 9.59 Å². The van der Waals surface area contributed by atoms with Crippen molar-refractivity contribution in [2.45, 2.75) is 39.2 Å². The smallest absolute Gasteiger partial charge is 0.234 e. The van der Waals surface area contributed by atoms with Gasteiger partial charge in [0.15, 0.2) is 0 Å². The first-order chi connectivity index (χ1) is 11.5. The van der Waals surface area contributed by atoms with Gasteiger partial charge >= 0.3 is 0 Å². The van der Waals surface area contributed by atoms with E-state index in [-0.39, 0.29) is 23.8 Å². The van der Waals surface area contributed by atoms with Crippen LogP contribution in [0.3, 0.4) is 0 Å². The molecule has 1 aromatic rings. The van der Waals surface area contributed by atoms with Crippen LogP contribution in [0.1, 0.15) is 44.7 Å². The quantitative estimate of drug-likeness (QED) is 0.803. The van der Waals surface area contributed by atoms with Crippen molar-refractivity contribution in [1.29, 1.82) is 0 Å². The molecule has 0 unspecified atom stereocenters. The zero-order chi connectivity index (χ0) is 17.5. The van der Waals surface area contributed by atoms with E-state index in [0.717, 1.165) is 37.9 Å². The zero-order valence-electron chi connectivity index (χ0n) is 14.7. The molecule has 5 heteroatoms. The number of carbonyl (C=O) groups is 2. The summed E-state index contributed by atoms with van der Waals surface area (Å²) in [4.78, 5) is 25.8. The van der Waals surface area contributed by atoms with Gasteiger partial charge < -0.3 is 11.1 Å². The summed E-state index contributed by atoms with van der Waals surface area (Å²) >= 11 is 0. The lowest BCUT2D eigenvalue weighted by molar-refractivity contribution is -0.124. The molecule has 1 aromatic carbocycles. The van der Waals surface area contributed by atoms with E-state index >= 15 is 0 Å². The minimum atomic E-state index is -0.222. The van der Waals surface area contributed by atoms with Gasteiger partial charge in [0.2, 0.25) is 11.8 Å². The molecule has 0 spiro atoms. The lowest BCUT2D eigenvalue weighted by Gasteiger charge is -2.30. The van der Waals surface area contributed by atoms with Gasteiger partial charge in [0, 0.05) is 5.92 Å². The van der Waals surface area contributed by atoms with Crippen molar-refractivity contribution < 1.29 is 9.59 Å². The van der Waals surface area contributed by atoms with E-state index in [1.165, 1.54) is 0 Å². The maximum atomic E-state index is 12.4. The molecule has 1 aliphatic rings. The summed E-state index contributed by atoms with van der Waals surface area (Å²) in [6, 6.07) is 10.2. The molecule has 24 heavy (non-hydrogen) atoms. The first kappa shape index (κ1) is 18.5. The third kappa shape index (κ3) is 5.64. The third-order valence-corrected chi connectivity index (χ3v) is 4.60.